The first-order chi connectivity index (χ1) is 8.79. The van der Waals surface area contributed by atoms with E-state index in [1.54, 1.807) is 12.2 Å². The van der Waals surface area contributed by atoms with Crippen molar-refractivity contribution >= 4 is 0 Å². The van der Waals surface area contributed by atoms with E-state index in [1.807, 2.05) is 65.8 Å². The number of rotatable bonds is 5. The van der Waals surface area contributed by atoms with Gasteiger partial charge in [-0.05, 0) is 25.0 Å². The van der Waals surface area contributed by atoms with Crippen molar-refractivity contribution in [2.24, 2.45) is 0 Å². The molecule has 0 unspecified atom stereocenters. The lowest BCUT2D eigenvalue weighted by Crippen LogP contribution is -1.81. The van der Waals surface area contributed by atoms with Gasteiger partial charge in [0.25, 0.3) is 0 Å². The van der Waals surface area contributed by atoms with E-state index in [2.05, 4.69) is 25.3 Å². The smallest absolute Gasteiger partial charge is 0.0191 e. The van der Waals surface area contributed by atoms with Gasteiger partial charge < -0.3 is 0 Å². The monoisotopic (exact) mass is 246 g/mol. The van der Waals surface area contributed by atoms with Gasteiger partial charge in [0.05, 0.1) is 0 Å². The van der Waals surface area contributed by atoms with Crippen LogP contribution in [0.1, 0.15) is 41.5 Å². The topological polar surface area (TPSA) is 0 Å². The lowest BCUT2D eigenvalue weighted by Gasteiger charge is -2.01. The Kier molecular flexibility index (Phi) is 25.1. The average molecular weight is 246 g/mol. The molecular weight excluding hydrogens is 216 g/mol. The average Bonchev–Trinajstić information content (AvgIpc) is 2.44. The molecule has 0 aliphatic carbocycles. The van der Waals surface area contributed by atoms with E-state index < -0.39 is 0 Å². The van der Waals surface area contributed by atoms with Gasteiger partial charge in [-0.15, -0.1) is 0 Å². The van der Waals surface area contributed by atoms with Gasteiger partial charge in [-0.3, -0.25) is 0 Å². The molecule has 0 aromatic heterocycles. The van der Waals surface area contributed by atoms with Crippen molar-refractivity contribution in [2.45, 2.75) is 41.5 Å². The zero-order valence-corrected chi connectivity index (χ0v) is 13.0. The molecule has 0 radical (unpaired) electrons. The maximum Gasteiger partial charge on any atom is -0.0191 e. The van der Waals surface area contributed by atoms with E-state index in [0.717, 1.165) is 5.57 Å². The fraction of sp³-hybridized carbons (Fsp3) is 0.333. The van der Waals surface area contributed by atoms with Gasteiger partial charge in [-0.25, -0.2) is 0 Å². The van der Waals surface area contributed by atoms with Crippen molar-refractivity contribution in [2.75, 3.05) is 0 Å². The molecule has 18 heavy (non-hydrogen) atoms. The van der Waals surface area contributed by atoms with Crippen LogP contribution in [0.25, 0.3) is 0 Å². The fourth-order valence-electron chi connectivity index (χ4n) is 1.09. The third kappa shape index (κ3) is 12.5. The van der Waals surface area contributed by atoms with Crippen molar-refractivity contribution in [3.63, 3.8) is 0 Å². The molecule has 0 amide bonds. The quantitative estimate of drug-likeness (QED) is 0.491. The van der Waals surface area contributed by atoms with E-state index in [0.29, 0.717) is 0 Å². The zero-order valence-electron chi connectivity index (χ0n) is 13.0. The summed E-state index contributed by atoms with van der Waals surface area (Å²) in [5.74, 6) is 0. The predicted molar refractivity (Wildman–Crippen MR) is 88.9 cm³/mol. The maximum atomic E-state index is 3.70. The summed E-state index contributed by atoms with van der Waals surface area (Å²) in [6.45, 7) is 19.4. The van der Waals surface area contributed by atoms with Gasteiger partial charge in [0, 0.05) is 0 Å². The van der Waals surface area contributed by atoms with Gasteiger partial charge in [0.2, 0.25) is 0 Å². The molecule has 0 atom stereocenters. The van der Waals surface area contributed by atoms with E-state index >= 15 is 0 Å². The summed E-state index contributed by atoms with van der Waals surface area (Å²) in [5.41, 5.74) is 2.33. The molecule has 0 spiro atoms. The molecule has 0 heterocycles. The van der Waals surface area contributed by atoms with E-state index in [9.17, 15) is 0 Å². The minimum absolute atomic E-state index is 1.16. The highest BCUT2D eigenvalue weighted by Crippen LogP contribution is 2.13. The molecule has 0 aromatic carbocycles. The Morgan fingerprint density at radius 2 is 1.33 bits per heavy atom. The van der Waals surface area contributed by atoms with Crippen LogP contribution in [0.15, 0.2) is 72.9 Å². The molecule has 0 saturated heterocycles. The second-order valence-corrected chi connectivity index (χ2v) is 2.70. The Morgan fingerprint density at radius 1 is 0.778 bits per heavy atom. The number of hydrogen-bond acceptors (Lipinski definition) is 0. The van der Waals surface area contributed by atoms with Crippen LogP contribution in [-0.4, -0.2) is 0 Å². The summed E-state index contributed by atoms with van der Waals surface area (Å²) in [6.07, 6.45) is 15.6. The SMILES string of the molecule is C=C\C=C/C(=C\C)C(/C=C\C)=C/C=C.CC.CC. The van der Waals surface area contributed by atoms with Crippen LogP contribution in [0.3, 0.4) is 0 Å². The highest BCUT2D eigenvalue weighted by molar-refractivity contribution is 5.47. The first-order valence-corrected chi connectivity index (χ1v) is 6.71. The van der Waals surface area contributed by atoms with Crippen LogP contribution in [0.5, 0.6) is 0 Å². The van der Waals surface area contributed by atoms with Crippen molar-refractivity contribution in [1.29, 1.82) is 0 Å². The van der Waals surface area contributed by atoms with Crippen molar-refractivity contribution in [1.82, 2.24) is 0 Å². The Balaban J connectivity index is -0.000000506. The van der Waals surface area contributed by atoms with Crippen LogP contribution in [-0.2, 0) is 0 Å². The Labute approximate surface area is 115 Å². The van der Waals surface area contributed by atoms with Gasteiger partial charge in [-0.2, -0.15) is 0 Å². The Morgan fingerprint density at radius 3 is 1.67 bits per heavy atom. The fourth-order valence-corrected chi connectivity index (χ4v) is 1.09. The van der Waals surface area contributed by atoms with Crippen LogP contribution in [0.2, 0.25) is 0 Å². The highest BCUT2D eigenvalue weighted by atomic mass is 14.0. The molecule has 0 aromatic rings. The molecule has 0 aliphatic rings. The first-order valence-electron chi connectivity index (χ1n) is 6.71. The number of allylic oxidation sites excluding steroid dienone is 10. The molecule has 102 valence electrons. The number of hydrogen-bond donors (Lipinski definition) is 0. The second-order valence-electron chi connectivity index (χ2n) is 2.70. The van der Waals surface area contributed by atoms with Crippen LogP contribution < -0.4 is 0 Å². The molecule has 0 heteroatoms. The predicted octanol–water partition coefficient (Wildman–Crippen LogP) is 6.42. The van der Waals surface area contributed by atoms with Crippen molar-refractivity contribution in [3.05, 3.63) is 72.9 Å². The molecular formula is C18H30. The highest BCUT2D eigenvalue weighted by Gasteiger charge is 1.94. The molecule has 0 N–H and O–H groups in total. The standard InChI is InChI=1S/C14H18.2C2H6/c1-5-9-12-13(8-4)14(10-6-2)11-7-3;2*1-2/h5-12H,1-2H2,3-4H3;2*1-2H3/b11-7-,12-9-,13-8+,14-10+;;. The van der Waals surface area contributed by atoms with Gasteiger partial charge >= 0.3 is 0 Å². The molecule has 0 saturated carbocycles. The largest absolute Gasteiger partial charge is 0.0991 e. The third-order valence-corrected chi connectivity index (χ3v) is 1.70. The van der Waals surface area contributed by atoms with Gasteiger partial charge in [0.15, 0.2) is 0 Å². The second kappa shape index (κ2) is 20.8. The third-order valence-electron chi connectivity index (χ3n) is 1.70. The van der Waals surface area contributed by atoms with Crippen molar-refractivity contribution in [3.8, 4) is 0 Å². The van der Waals surface area contributed by atoms with Gasteiger partial charge in [-0.1, -0.05) is 89.5 Å². The minimum Gasteiger partial charge on any atom is -0.0991 e. The van der Waals surface area contributed by atoms with E-state index in [4.69, 9.17) is 0 Å². The molecule has 0 aliphatic heterocycles. The van der Waals surface area contributed by atoms with Crippen molar-refractivity contribution < 1.29 is 0 Å². The zero-order chi connectivity index (χ0) is 14.8. The van der Waals surface area contributed by atoms with Crippen LogP contribution in [0.4, 0.5) is 0 Å². The molecule has 0 nitrogen and oxygen atoms in total. The first kappa shape index (κ1) is 21.7. The lowest BCUT2D eigenvalue weighted by molar-refractivity contribution is 1.49. The van der Waals surface area contributed by atoms with Crippen LogP contribution in [0, 0.1) is 0 Å². The summed E-state index contributed by atoms with van der Waals surface area (Å²) in [4.78, 5) is 0. The summed E-state index contributed by atoms with van der Waals surface area (Å²) in [7, 11) is 0. The summed E-state index contributed by atoms with van der Waals surface area (Å²) in [6, 6.07) is 0. The summed E-state index contributed by atoms with van der Waals surface area (Å²) < 4.78 is 0. The molecule has 0 bridgehead atoms. The Hall–Kier alpha value is -1.56. The van der Waals surface area contributed by atoms with Gasteiger partial charge in [0.1, 0.15) is 0 Å². The lowest BCUT2D eigenvalue weighted by atomic mass is 10.0. The summed E-state index contributed by atoms with van der Waals surface area (Å²) in [5, 5.41) is 0. The molecule has 0 rings (SSSR count). The summed E-state index contributed by atoms with van der Waals surface area (Å²) >= 11 is 0. The maximum absolute atomic E-state index is 3.70. The van der Waals surface area contributed by atoms with E-state index in [1.165, 1.54) is 5.57 Å². The van der Waals surface area contributed by atoms with E-state index in [-0.39, 0.29) is 0 Å². The van der Waals surface area contributed by atoms with Crippen LogP contribution >= 0.6 is 0 Å². The minimum atomic E-state index is 1.16. The normalized spacial score (nSPS) is 11.4. The Bertz CT molecular complexity index is 296. The molecule has 0 fully saturated rings.